The van der Waals surface area contributed by atoms with Gasteiger partial charge in [0.1, 0.15) is 11.6 Å². The maximum atomic E-state index is 13.4. The number of ether oxygens (including phenoxy) is 1. The molecule has 0 aromatic heterocycles. The number of halogens is 1. The fourth-order valence-electron chi connectivity index (χ4n) is 1.41. The Hall–Kier alpha value is -1.09. The molecule has 84 valence electrons. The standard InChI is InChI=1S/C12H17FO2/c1-4-8(2)12(14)10-7-9(15-3)5-6-11(10)13/h5-8,12,14H,4H2,1-3H3. The van der Waals surface area contributed by atoms with Gasteiger partial charge in [-0.05, 0) is 24.1 Å². The lowest BCUT2D eigenvalue weighted by molar-refractivity contribution is 0.111. The molecule has 0 aliphatic carbocycles. The van der Waals surface area contributed by atoms with Gasteiger partial charge in [0.25, 0.3) is 0 Å². The second-order valence-electron chi connectivity index (χ2n) is 3.72. The Morgan fingerprint density at radius 1 is 1.47 bits per heavy atom. The minimum Gasteiger partial charge on any atom is -0.497 e. The number of methoxy groups -OCH3 is 1. The van der Waals surface area contributed by atoms with Crippen LogP contribution in [0, 0.1) is 11.7 Å². The molecule has 0 aliphatic heterocycles. The van der Waals surface area contributed by atoms with E-state index in [2.05, 4.69) is 0 Å². The van der Waals surface area contributed by atoms with E-state index in [1.807, 2.05) is 13.8 Å². The van der Waals surface area contributed by atoms with E-state index in [9.17, 15) is 9.50 Å². The highest BCUT2D eigenvalue weighted by Gasteiger charge is 2.18. The second kappa shape index (κ2) is 5.12. The molecule has 0 fully saturated rings. The second-order valence-corrected chi connectivity index (χ2v) is 3.72. The summed E-state index contributed by atoms with van der Waals surface area (Å²) in [5.41, 5.74) is 0.309. The Morgan fingerprint density at radius 3 is 2.67 bits per heavy atom. The normalized spacial score (nSPS) is 14.7. The molecule has 2 nitrogen and oxygen atoms in total. The van der Waals surface area contributed by atoms with Crippen molar-refractivity contribution in [2.75, 3.05) is 7.11 Å². The van der Waals surface area contributed by atoms with Crippen LogP contribution < -0.4 is 4.74 Å². The molecule has 0 saturated heterocycles. The first-order valence-corrected chi connectivity index (χ1v) is 5.11. The van der Waals surface area contributed by atoms with Gasteiger partial charge in [-0.25, -0.2) is 4.39 Å². The van der Waals surface area contributed by atoms with Crippen molar-refractivity contribution < 1.29 is 14.2 Å². The molecular formula is C12H17FO2. The predicted molar refractivity (Wildman–Crippen MR) is 57.4 cm³/mol. The summed E-state index contributed by atoms with van der Waals surface area (Å²) in [4.78, 5) is 0. The molecule has 15 heavy (non-hydrogen) atoms. The van der Waals surface area contributed by atoms with Crippen LogP contribution in [0.2, 0.25) is 0 Å². The van der Waals surface area contributed by atoms with Gasteiger partial charge in [0.05, 0.1) is 13.2 Å². The van der Waals surface area contributed by atoms with E-state index in [1.165, 1.54) is 13.2 Å². The zero-order valence-corrected chi connectivity index (χ0v) is 9.33. The summed E-state index contributed by atoms with van der Waals surface area (Å²) in [5, 5.41) is 9.89. The highest BCUT2D eigenvalue weighted by Crippen LogP contribution is 2.28. The van der Waals surface area contributed by atoms with Gasteiger partial charge in [0, 0.05) is 5.56 Å². The van der Waals surface area contributed by atoms with Crippen LogP contribution in [0.1, 0.15) is 31.9 Å². The largest absolute Gasteiger partial charge is 0.497 e. The average molecular weight is 212 g/mol. The van der Waals surface area contributed by atoms with Gasteiger partial charge in [-0.2, -0.15) is 0 Å². The van der Waals surface area contributed by atoms with Gasteiger partial charge in [-0.1, -0.05) is 20.3 Å². The summed E-state index contributed by atoms with van der Waals surface area (Å²) in [6, 6.07) is 4.41. The van der Waals surface area contributed by atoms with Gasteiger partial charge in [-0.15, -0.1) is 0 Å². The molecule has 1 aromatic carbocycles. The van der Waals surface area contributed by atoms with E-state index in [4.69, 9.17) is 4.74 Å². The molecule has 2 atom stereocenters. The van der Waals surface area contributed by atoms with Crippen molar-refractivity contribution in [2.45, 2.75) is 26.4 Å². The van der Waals surface area contributed by atoms with Crippen LogP contribution in [-0.4, -0.2) is 12.2 Å². The zero-order chi connectivity index (χ0) is 11.4. The number of benzene rings is 1. The van der Waals surface area contributed by atoms with E-state index < -0.39 is 6.10 Å². The Labute approximate surface area is 89.7 Å². The summed E-state index contributed by atoms with van der Waals surface area (Å²) < 4.78 is 18.4. The molecule has 2 unspecified atom stereocenters. The smallest absolute Gasteiger partial charge is 0.129 e. The van der Waals surface area contributed by atoms with E-state index in [0.29, 0.717) is 11.3 Å². The van der Waals surface area contributed by atoms with Crippen LogP contribution in [0.25, 0.3) is 0 Å². The average Bonchev–Trinajstić information content (AvgIpc) is 2.27. The van der Waals surface area contributed by atoms with Crippen LogP contribution in [0.5, 0.6) is 5.75 Å². The Kier molecular flexibility index (Phi) is 4.09. The Morgan fingerprint density at radius 2 is 2.13 bits per heavy atom. The summed E-state index contributed by atoms with van der Waals surface area (Å²) in [5.74, 6) is 0.212. The van der Waals surface area contributed by atoms with Gasteiger partial charge in [0.15, 0.2) is 0 Å². The SMILES string of the molecule is CCC(C)C(O)c1cc(OC)ccc1F. The maximum Gasteiger partial charge on any atom is 0.129 e. The molecule has 0 aliphatic rings. The lowest BCUT2D eigenvalue weighted by atomic mass is 9.95. The monoisotopic (exact) mass is 212 g/mol. The van der Waals surface area contributed by atoms with Crippen LogP contribution >= 0.6 is 0 Å². The van der Waals surface area contributed by atoms with Crippen molar-refractivity contribution >= 4 is 0 Å². The van der Waals surface area contributed by atoms with E-state index in [-0.39, 0.29) is 11.7 Å². The number of aliphatic hydroxyl groups excluding tert-OH is 1. The fraction of sp³-hybridized carbons (Fsp3) is 0.500. The van der Waals surface area contributed by atoms with Crippen molar-refractivity contribution in [1.29, 1.82) is 0 Å². The summed E-state index contributed by atoms with van der Waals surface area (Å²) >= 11 is 0. The maximum absolute atomic E-state index is 13.4. The van der Waals surface area contributed by atoms with E-state index in [0.717, 1.165) is 6.42 Å². The molecular weight excluding hydrogens is 195 g/mol. The van der Waals surface area contributed by atoms with Gasteiger partial charge >= 0.3 is 0 Å². The number of hydrogen-bond donors (Lipinski definition) is 1. The topological polar surface area (TPSA) is 29.5 Å². The molecule has 0 heterocycles. The highest BCUT2D eigenvalue weighted by atomic mass is 19.1. The van der Waals surface area contributed by atoms with Crippen LogP contribution in [0.15, 0.2) is 18.2 Å². The van der Waals surface area contributed by atoms with Crippen molar-refractivity contribution in [3.05, 3.63) is 29.6 Å². The van der Waals surface area contributed by atoms with E-state index in [1.54, 1.807) is 12.1 Å². The lowest BCUT2D eigenvalue weighted by Crippen LogP contribution is -2.10. The first-order valence-electron chi connectivity index (χ1n) is 5.11. The van der Waals surface area contributed by atoms with E-state index >= 15 is 0 Å². The molecule has 0 spiro atoms. The predicted octanol–water partition coefficient (Wildman–Crippen LogP) is 2.91. The van der Waals surface area contributed by atoms with Crippen molar-refractivity contribution in [3.8, 4) is 5.75 Å². The van der Waals surface area contributed by atoms with Crippen LogP contribution in [0.3, 0.4) is 0 Å². The van der Waals surface area contributed by atoms with Crippen molar-refractivity contribution in [2.24, 2.45) is 5.92 Å². The summed E-state index contributed by atoms with van der Waals surface area (Å²) in [6.07, 6.45) is 0.0303. The fourth-order valence-corrected chi connectivity index (χ4v) is 1.41. The lowest BCUT2D eigenvalue weighted by Gasteiger charge is -2.18. The Balaban J connectivity index is 3.01. The minimum absolute atomic E-state index is 0.0339. The zero-order valence-electron chi connectivity index (χ0n) is 9.33. The van der Waals surface area contributed by atoms with Gasteiger partial charge in [-0.3, -0.25) is 0 Å². The molecule has 1 rings (SSSR count). The molecule has 0 saturated carbocycles. The van der Waals surface area contributed by atoms with Crippen LogP contribution in [-0.2, 0) is 0 Å². The first-order chi connectivity index (χ1) is 7.10. The number of rotatable bonds is 4. The molecule has 1 N–H and O–H groups in total. The molecule has 0 radical (unpaired) electrons. The van der Waals surface area contributed by atoms with Crippen LogP contribution in [0.4, 0.5) is 4.39 Å². The molecule has 0 amide bonds. The molecule has 1 aromatic rings. The van der Waals surface area contributed by atoms with Crippen molar-refractivity contribution in [3.63, 3.8) is 0 Å². The summed E-state index contributed by atoms with van der Waals surface area (Å²) in [7, 11) is 1.52. The summed E-state index contributed by atoms with van der Waals surface area (Å²) in [6.45, 7) is 3.86. The quantitative estimate of drug-likeness (QED) is 0.831. The molecule has 3 heteroatoms. The third kappa shape index (κ3) is 2.69. The minimum atomic E-state index is -0.773. The first kappa shape index (κ1) is 12.0. The third-order valence-corrected chi connectivity index (χ3v) is 2.70. The van der Waals surface area contributed by atoms with Gasteiger partial charge in [0.2, 0.25) is 0 Å². The Bertz CT molecular complexity index is 325. The number of aliphatic hydroxyl groups is 1. The highest BCUT2D eigenvalue weighted by molar-refractivity contribution is 5.31. The van der Waals surface area contributed by atoms with Crippen molar-refractivity contribution in [1.82, 2.24) is 0 Å². The third-order valence-electron chi connectivity index (χ3n) is 2.70. The van der Waals surface area contributed by atoms with Gasteiger partial charge < -0.3 is 9.84 Å². The number of hydrogen-bond acceptors (Lipinski definition) is 2. The molecule has 0 bridgehead atoms.